The van der Waals surface area contributed by atoms with Gasteiger partial charge in [0.1, 0.15) is 0 Å². The number of hydrogen-bond donors (Lipinski definition) is 1. The summed E-state index contributed by atoms with van der Waals surface area (Å²) in [6.45, 7) is 5.59. The van der Waals surface area contributed by atoms with Crippen LogP contribution in [0.25, 0.3) is 0 Å². The van der Waals surface area contributed by atoms with Crippen LogP contribution < -0.4 is 5.32 Å². The van der Waals surface area contributed by atoms with Crippen LogP contribution >= 0.6 is 22.9 Å². The van der Waals surface area contributed by atoms with Crippen LogP contribution in [0.4, 0.5) is 0 Å². The molecule has 2 nitrogen and oxygen atoms in total. The number of likely N-dealkylation sites (N-methyl/N-ethyl adjacent to an activating group) is 1. The van der Waals surface area contributed by atoms with Gasteiger partial charge < -0.3 is 5.32 Å². The molecule has 1 fully saturated rings. The van der Waals surface area contributed by atoms with E-state index in [1.807, 2.05) is 6.07 Å². The Hall–Kier alpha value is -0.0900. The normalized spacial score (nSPS) is 25.4. The van der Waals surface area contributed by atoms with E-state index in [4.69, 9.17) is 11.6 Å². The maximum atomic E-state index is 5.95. The molecule has 1 aliphatic rings. The first-order chi connectivity index (χ1) is 8.07. The van der Waals surface area contributed by atoms with Gasteiger partial charge in [-0.2, -0.15) is 0 Å². The predicted molar refractivity (Wildman–Crippen MR) is 75.9 cm³/mol. The molecule has 1 atom stereocenters. The van der Waals surface area contributed by atoms with Crippen LogP contribution in [0, 0.1) is 0 Å². The zero-order valence-electron chi connectivity index (χ0n) is 10.6. The van der Waals surface area contributed by atoms with Crippen molar-refractivity contribution < 1.29 is 0 Å². The molecule has 4 heteroatoms. The largest absolute Gasteiger partial charge is 0.310 e. The molecule has 1 unspecified atom stereocenters. The van der Waals surface area contributed by atoms with E-state index in [1.54, 1.807) is 11.3 Å². The van der Waals surface area contributed by atoms with Crippen LogP contribution in [0.2, 0.25) is 4.34 Å². The zero-order valence-corrected chi connectivity index (χ0v) is 12.2. The average molecular weight is 273 g/mol. The Morgan fingerprint density at radius 2 is 2.29 bits per heavy atom. The molecule has 0 spiro atoms. The Balaban J connectivity index is 1.85. The molecule has 0 bridgehead atoms. The highest BCUT2D eigenvalue weighted by Crippen LogP contribution is 2.24. The second kappa shape index (κ2) is 5.70. The summed E-state index contributed by atoms with van der Waals surface area (Å²) in [6.07, 6.45) is 3.95. The number of rotatable bonds is 4. The fraction of sp³-hybridized carbons (Fsp3) is 0.692. The summed E-state index contributed by atoms with van der Waals surface area (Å²) in [5, 5.41) is 3.65. The number of halogens is 1. The van der Waals surface area contributed by atoms with E-state index in [0.717, 1.165) is 24.0 Å². The van der Waals surface area contributed by atoms with E-state index in [0.29, 0.717) is 0 Å². The van der Waals surface area contributed by atoms with Gasteiger partial charge in [-0.25, -0.2) is 0 Å². The van der Waals surface area contributed by atoms with Crippen molar-refractivity contribution in [1.82, 2.24) is 10.2 Å². The van der Waals surface area contributed by atoms with Crippen molar-refractivity contribution in [2.45, 2.75) is 38.3 Å². The first-order valence-electron chi connectivity index (χ1n) is 6.25. The van der Waals surface area contributed by atoms with Gasteiger partial charge in [-0.15, -0.1) is 11.3 Å². The Morgan fingerprint density at radius 1 is 1.47 bits per heavy atom. The van der Waals surface area contributed by atoms with Gasteiger partial charge in [0.15, 0.2) is 0 Å². The van der Waals surface area contributed by atoms with Gasteiger partial charge in [-0.3, -0.25) is 4.90 Å². The molecular weight excluding hydrogens is 252 g/mol. The third kappa shape index (κ3) is 3.95. The SMILES string of the molecule is CN(Cc1ccc(Cl)s1)CC1(C)CCCCN1. The van der Waals surface area contributed by atoms with Gasteiger partial charge in [0.25, 0.3) is 0 Å². The van der Waals surface area contributed by atoms with E-state index in [2.05, 4.69) is 30.3 Å². The molecule has 1 saturated heterocycles. The van der Waals surface area contributed by atoms with Crippen molar-refractivity contribution in [1.29, 1.82) is 0 Å². The zero-order chi connectivity index (χ0) is 12.3. The van der Waals surface area contributed by atoms with Crippen LogP contribution in [0.5, 0.6) is 0 Å². The number of piperidine rings is 1. The third-order valence-corrected chi connectivity index (χ3v) is 4.60. The summed E-state index contributed by atoms with van der Waals surface area (Å²) in [4.78, 5) is 3.73. The molecule has 1 aromatic rings. The minimum atomic E-state index is 0.286. The number of thiophene rings is 1. The minimum Gasteiger partial charge on any atom is -0.310 e. The number of hydrogen-bond acceptors (Lipinski definition) is 3. The monoisotopic (exact) mass is 272 g/mol. The fourth-order valence-electron chi connectivity index (χ4n) is 2.61. The molecular formula is C13H21ClN2S. The fourth-order valence-corrected chi connectivity index (χ4v) is 3.78. The average Bonchev–Trinajstić information content (AvgIpc) is 2.63. The lowest BCUT2D eigenvalue weighted by Gasteiger charge is -2.38. The van der Waals surface area contributed by atoms with Crippen LogP contribution in [0.1, 0.15) is 31.1 Å². The van der Waals surface area contributed by atoms with E-state index in [1.165, 1.54) is 24.1 Å². The lowest BCUT2D eigenvalue weighted by atomic mass is 9.90. The first-order valence-corrected chi connectivity index (χ1v) is 7.45. The second-order valence-corrected chi connectivity index (χ2v) is 7.12. The highest BCUT2D eigenvalue weighted by Gasteiger charge is 2.27. The Labute approximate surface area is 113 Å². The van der Waals surface area contributed by atoms with Crippen molar-refractivity contribution in [3.05, 3.63) is 21.3 Å². The molecule has 0 amide bonds. The molecule has 17 heavy (non-hydrogen) atoms. The van der Waals surface area contributed by atoms with Gasteiger partial charge in [-0.1, -0.05) is 18.0 Å². The van der Waals surface area contributed by atoms with E-state index >= 15 is 0 Å². The standard InChI is InChI=1S/C13H21ClN2S/c1-13(7-3-4-8-15-13)10-16(2)9-11-5-6-12(14)17-11/h5-6,15H,3-4,7-10H2,1-2H3. The minimum absolute atomic E-state index is 0.286. The molecule has 0 saturated carbocycles. The van der Waals surface area contributed by atoms with Gasteiger partial charge in [0.2, 0.25) is 0 Å². The Kier molecular flexibility index (Phi) is 4.47. The van der Waals surface area contributed by atoms with Crippen molar-refractivity contribution in [2.75, 3.05) is 20.1 Å². The van der Waals surface area contributed by atoms with Crippen LogP contribution in [-0.2, 0) is 6.54 Å². The van der Waals surface area contributed by atoms with Crippen LogP contribution in [0.3, 0.4) is 0 Å². The molecule has 1 aliphatic heterocycles. The van der Waals surface area contributed by atoms with Gasteiger partial charge in [0.05, 0.1) is 4.34 Å². The molecule has 1 N–H and O–H groups in total. The topological polar surface area (TPSA) is 15.3 Å². The van der Waals surface area contributed by atoms with E-state index in [9.17, 15) is 0 Å². The Bertz CT molecular complexity index is 358. The highest BCUT2D eigenvalue weighted by molar-refractivity contribution is 7.16. The van der Waals surface area contributed by atoms with Crippen LogP contribution in [-0.4, -0.2) is 30.6 Å². The Morgan fingerprint density at radius 3 is 2.88 bits per heavy atom. The van der Waals surface area contributed by atoms with E-state index < -0.39 is 0 Å². The van der Waals surface area contributed by atoms with E-state index in [-0.39, 0.29) is 5.54 Å². The molecule has 96 valence electrons. The maximum absolute atomic E-state index is 5.95. The summed E-state index contributed by atoms with van der Waals surface area (Å²) in [5.41, 5.74) is 0.286. The molecule has 2 rings (SSSR count). The predicted octanol–water partition coefficient (Wildman–Crippen LogP) is 3.37. The summed E-state index contributed by atoms with van der Waals surface area (Å²) in [7, 11) is 2.19. The van der Waals surface area contributed by atoms with Crippen molar-refractivity contribution in [3.8, 4) is 0 Å². The first kappa shape index (κ1) is 13.3. The number of nitrogens with one attached hydrogen (secondary N) is 1. The highest BCUT2D eigenvalue weighted by atomic mass is 35.5. The van der Waals surface area contributed by atoms with Crippen molar-refractivity contribution in [2.24, 2.45) is 0 Å². The maximum Gasteiger partial charge on any atom is 0.0931 e. The third-order valence-electron chi connectivity index (χ3n) is 3.38. The van der Waals surface area contributed by atoms with Crippen molar-refractivity contribution >= 4 is 22.9 Å². The molecule has 2 heterocycles. The number of nitrogens with zero attached hydrogens (tertiary/aromatic N) is 1. The lowest BCUT2D eigenvalue weighted by molar-refractivity contribution is 0.183. The summed E-state index contributed by atoms with van der Waals surface area (Å²) in [6, 6.07) is 4.11. The van der Waals surface area contributed by atoms with Crippen molar-refractivity contribution in [3.63, 3.8) is 0 Å². The molecule has 0 radical (unpaired) electrons. The van der Waals surface area contributed by atoms with Crippen LogP contribution in [0.15, 0.2) is 12.1 Å². The molecule has 1 aromatic heterocycles. The lowest BCUT2D eigenvalue weighted by Crippen LogP contribution is -2.52. The molecule has 0 aliphatic carbocycles. The smallest absolute Gasteiger partial charge is 0.0931 e. The molecule has 0 aromatic carbocycles. The van der Waals surface area contributed by atoms with Gasteiger partial charge in [0, 0.05) is 23.5 Å². The van der Waals surface area contributed by atoms with Gasteiger partial charge >= 0.3 is 0 Å². The quantitative estimate of drug-likeness (QED) is 0.904. The summed E-state index contributed by atoms with van der Waals surface area (Å²) in [5.74, 6) is 0. The van der Waals surface area contributed by atoms with Gasteiger partial charge in [-0.05, 0) is 45.5 Å². The summed E-state index contributed by atoms with van der Waals surface area (Å²) < 4.78 is 0.885. The summed E-state index contributed by atoms with van der Waals surface area (Å²) >= 11 is 7.63. The second-order valence-electron chi connectivity index (χ2n) is 5.32.